The van der Waals surface area contributed by atoms with Crippen LogP contribution in [0.25, 0.3) is 32.3 Å². The lowest BCUT2D eigenvalue weighted by Gasteiger charge is -2.22. The van der Waals surface area contributed by atoms with E-state index in [4.69, 9.17) is 0 Å². The topological polar surface area (TPSA) is 0 Å². The minimum atomic E-state index is -4.44. The van der Waals surface area contributed by atoms with Crippen molar-refractivity contribution < 1.29 is 26.3 Å². The van der Waals surface area contributed by atoms with Gasteiger partial charge in [0.05, 0.1) is 11.1 Å². The quantitative estimate of drug-likeness (QED) is 0.0933. The molecule has 6 heteroatoms. The molecule has 0 aliphatic rings. The third-order valence-electron chi connectivity index (χ3n) is 7.69. The first-order valence-corrected chi connectivity index (χ1v) is 13.8. The highest BCUT2D eigenvalue weighted by atomic mass is 19.4. The number of rotatable bonds is 0. The van der Waals surface area contributed by atoms with Crippen molar-refractivity contribution in [3.8, 4) is 23.7 Å². The van der Waals surface area contributed by atoms with Gasteiger partial charge in [0.15, 0.2) is 0 Å². The maximum Gasteiger partial charge on any atom is 0.416 e. The molecular formula is C38H24F6. The van der Waals surface area contributed by atoms with Gasteiger partial charge in [-0.15, -0.1) is 0 Å². The fraction of sp³-hybridized carbons (Fsp3) is 0.158. The van der Waals surface area contributed by atoms with Crippen LogP contribution < -0.4 is 0 Å². The smallest absolute Gasteiger partial charge is 0.166 e. The molecule has 0 atom stereocenters. The molecule has 218 valence electrons. The molecule has 0 unspecified atom stereocenters. The van der Waals surface area contributed by atoms with Crippen LogP contribution in [-0.4, -0.2) is 0 Å². The van der Waals surface area contributed by atoms with E-state index in [0.29, 0.717) is 22.3 Å². The summed E-state index contributed by atoms with van der Waals surface area (Å²) in [5, 5.41) is 5.86. The van der Waals surface area contributed by atoms with Crippen molar-refractivity contribution in [2.75, 3.05) is 0 Å². The van der Waals surface area contributed by atoms with E-state index >= 15 is 0 Å². The van der Waals surface area contributed by atoms with E-state index in [0.717, 1.165) is 56.6 Å². The molecule has 0 amide bonds. The number of hydrogen-bond donors (Lipinski definition) is 0. The zero-order valence-corrected chi connectivity index (χ0v) is 23.9. The minimum absolute atomic E-state index is 0.0684. The van der Waals surface area contributed by atoms with E-state index in [1.165, 1.54) is 29.8 Å². The van der Waals surface area contributed by atoms with Crippen LogP contribution in [0.5, 0.6) is 0 Å². The average Bonchev–Trinajstić information content (AvgIpc) is 2.97. The molecule has 0 saturated carbocycles. The molecule has 44 heavy (non-hydrogen) atoms. The summed E-state index contributed by atoms with van der Waals surface area (Å²) >= 11 is 0. The van der Waals surface area contributed by atoms with Crippen molar-refractivity contribution in [1.82, 2.24) is 0 Å². The second kappa shape index (κ2) is 10.4. The third kappa shape index (κ3) is 5.56. The molecule has 6 aromatic rings. The normalized spacial score (nSPS) is 12.3. The highest BCUT2D eigenvalue weighted by molar-refractivity contribution is 6.25. The SMILES string of the molecule is CC(C)(C)c1cc2ccc3c(C#Cc4ccc(C(F)(F)F)cc4)cc(C#Cc4ccc(C(F)(F)F)cc4)c4ccc(c1)c2c34. The van der Waals surface area contributed by atoms with E-state index in [2.05, 4.69) is 68.7 Å². The highest BCUT2D eigenvalue weighted by Crippen LogP contribution is 2.40. The van der Waals surface area contributed by atoms with Crippen LogP contribution in [0.1, 0.15) is 59.7 Å². The maximum atomic E-state index is 13.0. The van der Waals surface area contributed by atoms with Crippen molar-refractivity contribution in [3.05, 3.63) is 130 Å². The monoisotopic (exact) mass is 594 g/mol. The molecule has 0 bridgehead atoms. The second-order valence-electron chi connectivity index (χ2n) is 11.8. The van der Waals surface area contributed by atoms with Crippen LogP contribution in [0.2, 0.25) is 0 Å². The summed E-state index contributed by atoms with van der Waals surface area (Å²) in [5.41, 5.74) is 1.76. The second-order valence-corrected chi connectivity index (χ2v) is 11.8. The zero-order valence-electron chi connectivity index (χ0n) is 23.9. The van der Waals surface area contributed by atoms with Crippen molar-refractivity contribution in [3.63, 3.8) is 0 Å². The highest BCUT2D eigenvalue weighted by Gasteiger charge is 2.30. The molecule has 0 nitrogen and oxygen atoms in total. The Hall–Kier alpha value is -4.94. The number of alkyl halides is 6. The summed E-state index contributed by atoms with van der Waals surface area (Å²) in [6.45, 7) is 6.47. The lowest BCUT2D eigenvalue weighted by molar-refractivity contribution is -0.138. The van der Waals surface area contributed by atoms with Crippen LogP contribution in [0, 0.1) is 23.7 Å². The molecule has 0 aliphatic heterocycles. The van der Waals surface area contributed by atoms with E-state index in [9.17, 15) is 26.3 Å². The first kappa shape index (κ1) is 29.1. The van der Waals surface area contributed by atoms with Crippen LogP contribution in [-0.2, 0) is 17.8 Å². The summed E-state index contributed by atoms with van der Waals surface area (Å²) in [5.74, 6) is 12.3. The van der Waals surface area contributed by atoms with E-state index < -0.39 is 23.5 Å². The molecule has 0 aromatic heterocycles. The third-order valence-corrected chi connectivity index (χ3v) is 7.69. The van der Waals surface area contributed by atoms with Crippen molar-refractivity contribution in [1.29, 1.82) is 0 Å². The fourth-order valence-electron chi connectivity index (χ4n) is 5.32. The summed E-state index contributed by atoms with van der Waals surface area (Å²) in [4.78, 5) is 0. The van der Waals surface area contributed by atoms with Gasteiger partial charge in [0, 0.05) is 22.3 Å². The predicted octanol–water partition coefficient (Wildman–Crippen LogP) is 10.7. The van der Waals surface area contributed by atoms with Crippen LogP contribution in [0.4, 0.5) is 26.3 Å². The Balaban J connectivity index is 1.55. The fourth-order valence-corrected chi connectivity index (χ4v) is 5.32. The number of hydrogen-bond acceptors (Lipinski definition) is 0. The largest absolute Gasteiger partial charge is 0.416 e. The van der Waals surface area contributed by atoms with Gasteiger partial charge < -0.3 is 0 Å². The molecule has 0 N–H and O–H groups in total. The summed E-state index contributed by atoms with van der Waals surface area (Å²) in [6.07, 6.45) is -8.88. The molecule has 0 radical (unpaired) electrons. The first-order chi connectivity index (χ1) is 20.7. The lowest BCUT2D eigenvalue weighted by Crippen LogP contribution is -2.10. The van der Waals surface area contributed by atoms with Crippen molar-refractivity contribution in [2.24, 2.45) is 0 Å². The Kier molecular flexibility index (Phi) is 6.86. The van der Waals surface area contributed by atoms with Crippen LogP contribution in [0.3, 0.4) is 0 Å². The average molecular weight is 595 g/mol. The Labute approximate surface area is 250 Å². The Bertz CT molecular complexity index is 2010. The zero-order chi connectivity index (χ0) is 31.4. The molecule has 6 rings (SSSR count). The van der Waals surface area contributed by atoms with Gasteiger partial charge in [-0.2, -0.15) is 26.3 Å². The Morgan fingerprint density at radius 2 is 0.841 bits per heavy atom. The molecule has 0 fully saturated rings. The molecule has 0 saturated heterocycles. The lowest BCUT2D eigenvalue weighted by atomic mass is 9.82. The molecular weight excluding hydrogens is 570 g/mol. The van der Waals surface area contributed by atoms with Gasteiger partial charge in [0.2, 0.25) is 0 Å². The van der Waals surface area contributed by atoms with Gasteiger partial charge in [0.1, 0.15) is 0 Å². The summed E-state index contributed by atoms with van der Waals surface area (Å²) in [7, 11) is 0. The van der Waals surface area contributed by atoms with Crippen LogP contribution >= 0.6 is 0 Å². The van der Waals surface area contributed by atoms with Gasteiger partial charge in [-0.25, -0.2) is 0 Å². The standard InChI is InChI=1S/C38H24F6/c1-36(2,3)31-21-27-12-18-32-25(10-4-23-6-14-29(15-7-23)37(39,40)41)20-26(33-19-13-28(22-31)34(27)35(32)33)11-5-24-8-16-30(17-9-24)38(42,43)44/h6-9,12-22H,1-3H3. The van der Waals surface area contributed by atoms with Crippen molar-refractivity contribution in [2.45, 2.75) is 38.5 Å². The molecule has 0 spiro atoms. The summed E-state index contributed by atoms with van der Waals surface area (Å²) in [6, 6.07) is 23.6. The Morgan fingerprint density at radius 1 is 0.432 bits per heavy atom. The number of benzene rings is 6. The van der Waals surface area contributed by atoms with Gasteiger partial charge in [-0.05, 0) is 97.9 Å². The van der Waals surface area contributed by atoms with E-state index in [1.54, 1.807) is 0 Å². The minimum Gasteiger partial charge on any atom is -0.166 e. The van der Waals surface area contributed by atoms with Gasteiger partial charge in [-0.3, -0.25) is 0 Å². The van der Waals surface area contributed by atoms with Gasteiger partial charge in [0.25, 0.3) is 0 Å². The Morgan fingerprint density at radius 3 is 1.20 bits per heavy atom. The molecule has 0 aliphatic carbocycles. The predicted molar refractivity (Wildman–Crippen MR) is 164 cm³/mol. The summed E-state index contributed by atoms with van der Waals surface area (Å²) < 4.78 is 78.3. The maximum absolute atomic E-state index is 13.0. The first-order valence-electron chi connectivity index (χ1n) is 13.8. The molecule has 6 aromatic carbocycles. The van der Waals surface area contributed by atoms with E-state index in [1.807, 2.05) is 18.2 Å². The molecule has 0 heterocycles. The van der Waals surface area contributed by atoms with Gasteiger partial charge in [-0.1, -0.05) is 80.9 Å². The van der Waals surface area contributed by atoms with Crippen LogP contribution in [0.15, 0.2) is 91.0 Å². The van der Waals surface area contributed by atoms with Crippen molar-refractivity contribution >= 4 is 32.3 Å². The van der Waals surface area contributed by atoms with E-state index in [-0.39, 0.29) is 5.41 Å². The number of halogens is 6. The van der Waals surface area contributed by atoms with Gasteiger partial charge >= 0.3 is 12.4 Å².